The summed E-state index contributed by atoms with van der Waals surface area (Å²) in [7, 11) is 1.32. The standard InChI is InChI=1S/C16H16N4O3/c1-23-16(22)10-2-4-12(5-3-10)20-15(21)13-8-14(18-9-17-13)19-11-6-7-11/h2-5,8-9,11H,6-7H2,1H3,(H,20,21)(H,17,18,19). The van der Waals surface area contributed by atoms with E-state index >= 15 is 0 Å². The Labute approximate surface area is 133 Å². The van der Waals surface area contributed by atoms with E-state index in [9.17, 15) is 9.59 Å². The van der Waals surface area contributed by atoms with Crippen molar-refractivity contribution in [3.8, 4) is 0 Å². The molecule has 1 fully saturated rings. The Hall–Kier alpha value is -2.96. The third kappa shape index (κ3) is 3.82. The lowest BCUT2D eigenvalue weighted by atomic mass is 10.2. The summed E-state index contributed by atoms with van der Waals surface area (Å²) in [5.74, 6) is -0.111. The van der Waals surface area contributed by atoms with Crippen molar-refractivity contribution in [3.63, 3.8) is 0 Å². The summed E-state index contributed by atoms with van der Waals surface area (Å²) in [6.45, 7) is 0. The third-order valence-corrected chi connectivity index (χ3v) is 3.39. The zero-order valence-electron chi connectivity index (χ0n) is 12.6. The Morgan fingerprint density at radius 3 is 2.57 bits per heavy atom. The van der Waals surface area contributed by atoms with Gasteiger partial charge in [0, 0.05) is 17.8 Å². The first kappa shape index (κ1) is 15.0. The summed E-state index contributed by atoms with van der Waals surface area (Å²) in [6, 6.07) is 8.51. The lowest BCUT2D eigenvalue weighted by molar-refractivity contribution is 0.0600. The summed E-state index contributed by atoms with van der Waals surface area (Å²) in [5, 5.41) is 5.95. The molecular weight excluding hydrogens is 296 g/mol. The number of anilines is 2. The number of nitrogens with zero attached hydrogens (tertiary/aromatic N) is 2. The summed E-state index contributed by atoms with van der Waals surface area (Å²) in [6.07, 6.45) is 3.61. The molecule has 23 heavy (non-hydrogen) atoms. The summed E-state index contributed by atoms with van der Waals surface area (Å²) >= 11 is 0. The molecule has 2 aromatic rings. The second-order valence-electron chi connectivity index (χ2n) is 5.23. The Kier molecular flexibility index (Phi) is 4.18. The predicted molar refractivity (Wildman–Crippen MR) is 84.4 cm³/mol. The van der Waals surface area contributed by atoms with Gasteiger partial charge in [-0.1, -0.05) is 0 Å². The highest BCUT2D eigenvalue weighted by Gasteiger charge is 2.21. The fourth-order valence-corrected chi connectivity index (χ4v) is 2.00. The maximum atomic E-state index is 12.2. The van der Waals surface area contributed by atoms with E-state index in [-0.39, 0.29) is 11.6 Å². The van der Waals surface area contributed by atoms with Crippen LogP contribution < -0.4 is 10.6 Å². The molecule has 0 spiro atoms. The zero-order valence-corrected chi connectivity index (χ0v) is 12.6. The van der Waals surface area contributed by atoms with Crippen LogP contribution in [0.25, 0.3) is 0 Å². The van der Waals surface area contributed by atoms with Gasteiger partial charge >= 0.3 is 5.97 Å². The highest BCUT2D eigenvalue weighted by Crippen LogP contribution is 2.23. The van der Waals surface area contributed by atoms with Crippen molar-refractivity contribution < 1.29 is 14.3 Å². The number of ether oxygens (including phenoxy) is 1. The van der Waals surface area contributed by atoms with Gasteiger partial charge in [0.15, 0.2) is 0 Å². The largest absolute Gasteiger partial charge is 0.465 e. The van der Waals surface area contributed by atoms with Gasteiger partial charge in [-0.25, -0.2) is 14.8 Å². The van der Waals surface area contributed by atoms with Gasteiger partial charge in [-0.2, -0.15) is 0 Å². The lowest BCUT2D eigenvalue weighted by Gasteiger charge is -2.07. The van der Waals surface area contributed by atoms with E-state index in [0.717, 1.165) is 12.8 Å². The number of methoxy groups -OCH3 is 1. The number of aromatic nitrogens is 2. The van der Waals surface area contributed by atoms with Crippen LogP contribution in [-0.4, -0.2) is 35.0 Å². The summed E-state index contributed by atoms with van der Waals surface area (Å²) in [4.78, 5) is 31.7. The highest BCUT2D eigenvalue weighted by atomic mass is 16.5. The molecule has 1 aromatic heterocycles. The average Bonchev–Trinajstić information content (AvgIpc) is 3.39. The molecule has 1 amide bonds. The van der Waals surface area contributed by atoms with Crippen LogP contribution >= 0.6 is 0 Å². The Morgan fingerprint density at radius 2 is 1.91 bits per heavy atom. The van der Waals surface area contributed by atoms with Gasteiger partial charge < -0.3 is 15.4 Å². The van der Waals surface area contributed by atoms with Crippen LogP contribution in [0.4, 0.5) is 11.5 Å². The van der Waals surface area contributed by atoms with Crippen molar-refractivity contribution in [1.29, 1.82) is 0 Å². The number of nitrogens with one attached hydrogen (secondary N) is 2. The molecule has 0 radical (unpaired) electrons. The fraction of sp³-hybridized carbons (Fsp3) is 0.250. The van der Waals surface area contributed by atoms with Crippen LogP contribution in [0.2, 0.25) is 0 Å². The van der Waals surface area contributed by atoms with Crippen molar-refractivity contribution in [2.75, 3.05) is 17.7 Å². The van der Waals surface area contributed by atoms with Crippen molar-refractivity contribution >= 4 is 23.4 Å². The Balaban J connectivity index is 1.67. The van der Waals surface area contributed by atoms with E-state index in [4.69, 9.17) is 0 Å². The number of carbonyl (C=O) groups is 2. The van der Waals surface area contributed by atoms with E-state index in [1.165, 1.54) is 13.4 Å². The maximum absolute atomic E-state index is 12.2. The number of amides is 1. The molecule has 2 N–H and O–H groups in total. The molecule has 7 heteroatoms. The topological polar surface area (TPSA) is 93.2 Å². The van der Waals surface area contributed by atoms with Gasteiger partial charge in [0.05, 0.1) is 12.7 Å². The third-order valence-electron chi connectivity index (χ3n) is 3.39. The molecule has 1 aliphatic carbocycles. The Morgan fingerprint density at radius 1 is 1.17 bits per heavy atom. The second-order valence-corrected chi connectivity index (χ2v) is 5.23. The molecule has 7 nitrogen and oxygen atoms in total. The van der Waals surface area contributed by atoms with Crippen LogP contribution in [0, 0.1) is 0 Å². The van der Waals surface area contributed by atoms with Gasteiger partial charge in [-0.3, -0.25) is 4.79 Å². The molecule has 0 unspecified atom stereocenters. The van der Waals surface area contributed by atoms with Crippen LogP contribution in [-0.2, 0) is 4.74 Å². The monoisotopic (exact) mass is 312 g/mol. The van der Waals surface area contributed by atoms with Crippen LogP contribution in [0.1, 0.15) is 33.7 Å². The molecule has 1 aliphatic rings. The molecule has 0 saturated heterocycles. The molecule has 3 rings (SSSR count). The van der Waals surface area contributed by atoms with Gasteiger partial charge in [0.1, 0.15) is 17.8 Å². The number of hydrogen-bond donors (Lipinski definition) is 2. The van der Waals surface area contributed by atoms with Crippen molar-refractivity contribution in [2.24, 2.45) is 0 Å². The van der Waals surface area contributed by atoms with Crippen LogP contribution in [0.3, 0.4) is 0 Å². The molecule has 0 bridgehead atoms. The molecule has 0 atom stereocenters. The van der Waals surface area contributed by atoms with Gasteiger partial charge in [-0.05, 0) is 37.1 Å². The first-order valence-electron chi connectivity index (χ1n) is 7.24. The van der Waals surface area contributed by atoms with E-state index < -0.39 is 5.97 Å². The molecule has 1 aromatic carbocycles. The zero-order chi connectivity index (χ0) is 16.2. The van der Waals surface area contributed by atoms with E-state index in [1.807, 2.05) is 0 Å². The van der Waals surface area contributed by atoms with Crippen LogP contribution in [0.5, 0.6) is 0 Å². The molecule has 118 valence electrons. The molecule has 1 saturated carbocycles. The van der Waals surface area contributed by atoms with Gasteiger partial charge in [0.2, 0.25) is 0 Å². The molecule has 1 heterocycles. The average molecular weight is 312 g/mol. The number of esters is 1. The minimum absolute atomic E-state index is 0.278. The van der Waals surface area contributed by atoms with Crippen molar-refractivity contribution in [2.45, 2.75) is 18.9 Å². The summed E-state index contributed by atoms with van der Waals surface area (Å²) in [5.41, 5.74) is 1.27. The maximum Gasteiger partial charge on any atom is 0.337 e. The Bertz CT molecular complexity index is 726. The number of hydrogen-bond acceptors (Lipinski definition) is 6. The van der Waals surface area contributed by atoms with Crippen molar-refractivity contribution in [1.82, 2.24) is 9.97 Å². The number of rotatable bonds is 5. The van der Waals surface area contributed by atoms with E-state index in [0.29, 0.717) is 23.1 Å². The first-order chi connectivity index (χ1) is 11.2. The second kappa shape index (κ2) is 6.43. The minimum Gasteiger partial charge on any atom is -0.465 e. The van der Waals surface area contributed by atoms with Crippen LogP contribution in [0.15, 0.2) is 36.7 Å². The number of benzene rings is 1. The van der Waals surface area contributed by atoms with Gasteiger partial charge in [-0.15, -0.1) is 0 Å². The predicted octanol–water partition coefficient (Wildman–Crippen LogP) is 2.09. The fourth-order valence-electron chi connectivity index (χ4n) is 2.00. The smallest absolute Gasteiger partial charge is 0.337 e. The number of carbonyl (C=O) groups excluding carboxylic acids is 2. The minimum atomic E-state index is -0.422. The van der Waals surface area contributed by atoms with Crippen molar-refractivity contribution in [3.05, 3.63) is 47.9 Å². The van der Waals surface area contributed by atoms with Gasteiger partial charge in [0.25, 0.3) is 5.91 Å². The first-order valence-corrected chi connectivity index (χ1v) is 7.24. The highest BCUT2D eigenvalue weighted by molar-refractivity contribution is 6.03. The van der Waals surface area contributed by atoms with E-state index in [1.54, 1.807) is 30.3 Å². The quantitative estimate of drug-likeness (QED) is 0.821. The SMILES string of the molecule is COC(=O)c1ccc(NC(=O)c2cc(NC3CC3)ncn2)cc1. The lowest BCUT2D eigenvalue weighted by Crippen LogP contribution is -2.15. The summed E-state index contributed by atoms with van der Waals surface area (Å²) < 4.78 is 4.63. The molecular formula is C16H16N4O3. The normalized spacial score (nSPS) is 13.3. The van der Waals surface area contributed by atoms with E-state index in [2.05, 4.69) is 25.3 Å². The molecule has 0 aliphatic heterocycles.